The molecule has 0 saturated carbocycles. The van der Waals surface area contributed by atoms with E-state index in [1.807, 2.05) is 13.0 Å². The van der Waals surface area contributed by atoms with Crippen LogP contribution in [0.5, 0.6) is 5.75 Å². The van der Waals surface area contributed by atoms with Gasteiger partial charge in [-0.15, -0.1) is 0 Å². The van der Waals surface area contributed by atoms with E-state index in [4.69, 9.17) is 35.3 Å². The van der Waals surface area contributed by atoms with Crippen LogP contribution in [0.4, 0.5) is 10.5 Å². The minimum atomic E-state index is -1.80. The van der Waals surface area contributed by atoms with Gasteiger partial charge in [0.2, 0.25) is 5.91 Å². The Morgan fingerprint density at radius 2 is 1.94 bits per heavy atom. The number of fused-ring (bicyclic) bond motifs is 5. The maximum Gasteiger partial charge on any atom is 0.409 e. The first-order valence-electron chi connectivity index (χ1n) is 14.9. The summed E-state index contributed by atoms with van der Waals surface area (Å²) in [7, 11) is 5.85. The topological polar surface area (TPSA) is 156 Å². The van der Waals surface area contributed by atoms with Gasteiger partial charge in [0.25, 0.3) is 0 Å². The molecule has 2 N–H and O–H groups in total. The fourth-order valence-corrected chi connectivity index (χ4v) is 6.03. The number of alkyl carbamates (subject to hydrolysis) is 1. The fraction of sp³-hybridized carbons (Fsp3) is 0.562. The molecule has 4 bridgehead atoms. The molecule has 13 nitrogen and oxygen atoms in total. The molecule has 0 spiro atoms. The molecule has 3 amide bonds. The van der Waals surface area contributed by atoms with Gasteiger partial charge in [0.15, 0.2) is 5.72 Å². The average molecular weight is 841 g/mol. The minimum Gasteiger partial charge on any atom is -0.520 e. The number of nitrogens with one attached hydrogen (secondary N) is 1. The number of amides is 3. The number of carbonyl (C=O) groups excluding carboxylic acids is 4. The molecule has 2 radical (unpaired) electrons. The van der Waals surface area contributed by atoms with Crippen molar-refractivity contribution in [1.29, 1.82) is 0 Å². The molecule has 7 unspecified atom stereocenters. The summed E-state index contributed by atoms with van der Waals surface area (Å²) in [5, 5.41) is 14.3. The van der Waals surface area contributed by atoms with Crippen LogP contribution in [0.3, 0.4) is 0 Å². The molecule has 16 heteroatoms. The Morgan fingerprint density at radius 1 is 1.25 bits per heavy atom. The number of carbonyl (C=O) groups is 3. The summed E-state index contributed by atoms with van der Waals surface area (Å²) >= 11 is 6.66. The summed E-state index contributed by atoms with van der Waals surface area (Å²) in [4.78, 5) is 53.0. The van der Waals surface area contributed by atoms with Gasteiger partial charge in [0.05, 0.1) is 31.4 Å². The van der Waals surface area contributed by atoms with Crippen molar-refractivity contribution in [2.75, 3.05) is 33.2 Å². The maximum atomic E-state index is 13.8. The number of aliphatic hydroxyl groups is 1. The first-order valence-corrected chi connectivity index (χ1v) is 15.3. The number of hydrogen-bond acceptors (Lipinski definition) is 10. The van der Waals surface area contributed by atoms with Crippen molar-refractivity contribution in [3.8, 4) is 5.75 Å². The Labute approximate surface area is 336 Å². The SMILES string of the molecule is COc1cc2cc(c1Cl)N(C)C(=O)CC(OC(=O)[C@H](C)N(C)[C-]=O)C1OC1C(C)C1CC(O)(NC(=O)O1)C(OC)/C=C/C=C(\C)C2.[Y].[Y]. The van der Waals surface area contributed by atoms with Crippen LogP contribution in [0, 0.1) is 5.92 Å². The van der Waals surface area contributed by atoms with Gasteiger partial charge in [-0.1, -0.05) is 42.3 Å². The van der Waals surface area contributed by atoms with Crippen LogP contribution in [0.2, 0.25) is 5.02 Å². The van der Waals surface area contributed by atoms with E-state index >= 15 is 0 Å². The number of allylic oxidation sites excluding steroid dienone is 3. The summed E-state index contributed by atoms with van der Waals surface area (Å²) in [6, 6.07) is 2.58. The van der Waals surface area contributed by atoms with Crippen molar-refractivity contribution in [2.24, 2.45) is 5.92 Å². The third-order valence-electron chi connectivity index (χ3n) is 8.74. The van der Waals surface area contributed by atoms with E-state index in [0.29, 0.717) is 17.9 Å². The molecule has 0 aliphatic carbocycles. The molecule has 1 aromatic rings. The predicted octanol–water partition coefficient (Wildman–Crippen LogP) is 2.66. The zero-order chi connectivity index (χ0) is 33.9. The van der Waals surface area contributed by atoms with Gasteiger partial charge in [-0.05, 0) is 45.0 Å². The summed E-state index contributed by atoms with van der Waals surface area (Å²) in [5.74, 6) is -1.30. The second-order valence-corrected chi connectivity index (χ2v) is 12.4. The van der Waals surface area contributed by atoms with E-state index in [9.17, 15) is 24.3 Å². The van der Waals surface area contributed by atoms with E-state index in [1.165, 1.54) is 33.1 Å². The van der Waals surface area contributed by atoms with Gasteiger partial charge in [-0.2, -0.15) is 6.41 Å². The predicted molar refractivity (Wildman–Crippen MR) is 167 cm³/mol. The Bertz CT molecular complexity index is 1410. The molecule has 3 aliphatic rings. The number of halogens is 1. The molecule has 258 valence electrons. The van der Waals surface area contributed by atoms with E-state index < -0.39 is 66.2 Å². The number of rotatable bonds is 6. The first kappa shape index (κ1) is 42.7. The molecule has 48 heavy (non-hydrogen) atoms. The zero-order valence-corrected chi connectivity index (χ0v) is 34.5. The van der Waals surface area contributed by atoms with Gasteiger partial charge in [0, 0.05) is 91.9 Å². The molecule has 8 atom stereocenters. The number of epoxide rings is 1. The Morgan fingerprint density at radius 3 is 2.56 bits per heavy atom. The van der Waals surface area contributed by atoms with Crippen molar-refractivity contribution in [1.82, 2.24) is 10.2 Å². The van der Waals surface area contributed by atoms with Crippen molar-refractivity contribution < 1.29 is 113 Å². The van der Waals surface area contributed by atoms with Gasteiger partial charge in [-0.3, -0.25) is 10.1 Å². The Balaban J connectivity index is 0.00000400. The van der Waals surface area contributed by atoms with Crippen LogP contribution in [0.1, 0.15) is 39.2 Å². The van der Waals surface area contributed by atoms with Crippen LogP contribution >= 0.6 is 11.6 Å². The molecular weight excluding hydrogens is 800 g/mol. The first-order chi connectivity index (χ1) is 21.7. The largest absolute Gasteiger partial charge is 0.520 e. The molecule has 4 rings (SSSR count). The summed E-state index contributed by atoms with van der Waals surface area (Å²) in [5.41, 5.74) is 0.328. The Kier molecular flexibility index (Phi) is 16.2. The second-order valence-electron chi connectivity index (χ2n) is 12.0. The van der Waals surface area contributed by atoms with Crippen LogP contribution in [0.25, 0.3) is 0 Å². The van der Waals surface area contributed by atoms with Crippen LogP contribution < -0.4 is 15.0 Å². The van der Waals surface area contributed by atoms with Crippen LogP contribution in [-0.2, 0) is 105 Å². The monoisotopic (exact) mass is 840 g/mol. The van der Waals surface area contributed by atoms with Gasteiger partial charge in [-0.25, -0.2) is 9.59 Å². The fourth-order valence-electron chi connectivity index (χ4n) is 5.71. The third kappa shape index (κ3) is 9.87. The summed E-state index contributed by atoms with van der Waals surface area (Å²) in [6.07, 6.45) is 2.03. The normalized spacial score (nSPS) is 31.1. The number of likely N-dealkylation sites (N-methyl/N-ethyl adjacent to an activating group) is 1. The van der Waals surface area contributed by atoms with E-state index in [-0.39, 0.29) is 83.3 Å². The quantitative estimate of drug-likeness (QED) is 0.189. The second kappa shape index (κ2) is 18.2. The van der Waals surface area contributed by atoms with Crippen molar-refractivity contribution in [3.63, 3.8) is 0 Å². The molecule has 0 aromatic heterocycles. The van der Waals surface area contributed by atoms with E-state index in [2.05, 4.69) is 5.32 Å². The number of benzene rings is 1. The number of nitrogens with zero attached hydrogens (tertiary/aromatic N) is 2. The van der Waals surface area contributed by atoms with Gasteiger partial charge in [0.1, 0.15) is 35.2 Å². The molecule has 2 fully saturated rings. The number of anilines is 1. The molecule has 3 heterocycles. The number of hydrogen-bond donors (Lipinski definition) is 2. The van der Waals surface area contributed by atoms with Crippen LogP contribution in [0.15, 0.2) is 35.9 Å². The van der Waals surface area contributed by atoms with E-state index in [0.717, 1.165) is 16.0 Å². The van der Waals surface area contributed by atoms with Gasteiger partial charge >= 0.3 is 12.1 Å². The molecule has 2 saturated heterocycles. The molecule has 3 aliphatic heterocycles. The summed E-state index contributed by atoms with van der Waals surface area (Å²) < 4.78 is 28.4. The zero-order valence-electron chi connectivity index (χ0n) is 28.1. The third-order valence-corrected chi connectivity index (χ3v) is 9.12. The number of esters is 1. The standard InChI is InChI=1S/C32H41ClN3O10.2Y/c1-17-9-8-10-25(43-7)32(41)15-24(45-31(40)34-32)18(2)28-29(46-28)23(44-30(39)19(3)35(4)16-37)14-26(38)36(5)21-12-20(11-17)13-22(42-6)27(21)33;;/h8-10,12-13,18-19,23-25,28-29,41H,11,14-15H2,1-7H3,(H,34,40);;/q-1;;/b10-8+,17-9+;;/t18?,19-,23?,24?,25?,28?,29?,32?;;/m0../s1. The van der Waals surface area contributed by atoms with Crippen molar-refractivity contribution >= 4 is 41.7 Å². The molecular formula is C32H41ClN3O10Y2-. The van der Waals surface area contributed by atoms with Crippen LogP contribution in [-0.4, -0.2) is 105 Å². The Hall–Kier alpha value is -1.44. The smallest absolute Gasteiger partial charge is 0.409 e. The maximum absolute atomic E-state index is 13.8. The minimum absolute atomic E-state index is 0. The van der Waals surface area contributed by atoms with E-state index in [1.54, 1.807) is 44.7 Å². The molecule has 1 aromatic carbocycles. The van der Waals surface area contributed by atoms with Crippen molar-refractivity contribution in [2.45, 2.75) is 82.3 Å². The van der Waals surface area contributed by atoms with Crippen molar-refractivity contribution in [3.05, 3.63) is 46.5 Å². The number of ether oxygens (including phenoxy) is 5. The van der Waals surface area contributed by atoms with Gasteiger partial charge < -0.3 is 43.4 Å². The average Bonchev–Trinajstić information content (AvgIpc) is 3.82. The number of methoxy groups -OCH3 is 2. The summed E-state index contributed by atoms with van der Waals surface area (Å²) in [6.45, 7) is 5.17.